The summed E-state index contributed by atoms with van der Waals surface area (Å²) in [5.74, 6) is -2.44. The quantitative estimate of drug-likeness (QED) is 0.570. The van der Waals surface area contributed by atoms with Crippen LogP contribution in [0.15, 0.2) is 12.4 Å². The average Bonchev–Trinajstić information content (AvgIpc) is 2.43. The normalized spacial score (nSPS) is 9.50. The van der Waals surface area contributed by atoms with Crippen LogP contribution in [0.4, 0.5) is 0 Å². The maximum Gasteiger partial charge on any atom is 0.340 e. The average molecular weight is 253 g/mol. The molecule has 0 spiro atoms. The minimum absolute atomic E-state index is 0.160. The molecule has 0 saturated carbocycles. The maximum atomic E-state index is 11.6. The molecule has 0 radical (unpaired) electrons. The number of hydrogen-bond donors (Lipinski definition) is 0. The highest BCUT2D eigenvalue weighted by molar-refractivity contribution is 6.09. The molecule has 7 heteroatoms. The molecule has 1 heterocycles. The van der Waals surface area contributed by atoms with E-state index < -0.39 is 17.9 Å². The lowest BCUT2D eigenvalue weighted by Gasteiger charge is -2.09. The van der Waals surface area contributed by atoms with E-state index in [2.05, 4.69) is 19.2 Å². The van der Waals surface area contributed by atoms with Gasteiger partial charge >= 0.3 is 17.9 Å². The molecule has 1 rings (SSSR count). The van der Waals surface area contributed by atoms with Crippen LogP contribution >= 0.6 is 0 Å². The Morgan fingerprint density at radius 3 is 1.56 bits per heavy atom. The highest BCUT2D eigenvalue weighted by Gasteiger charge is 2.26. The van der Waals surface area contributed by atoms with Crippen molar-refractivity contribution in [3.05, 3.63) is 29.1 Å². The number of aromatic nitrogens is 1. The molecular weight excluding hydrogens is 242 g/mol. The zero-order valence-electron chi connectivity index (χ0n) is 10.1. The molecule has 0 aromatic carbocycles. The minimum atomic E-state index is -0.849. The van der Waals surface area contributed by atoms with Gasteiger partial charge in [0.2, 0.25) is 0 Å². The second-order valence-corrected chi connectivity index (χ2v) is 3.08. The van der Waals surface area contributed by atoms with Crippen LogP contribution in [0.3, 0.4) is 0 Å². The maximum absolute atomic E-state index is 11.6. The molecule has 0 aliphatic heterocycles. The molecule has 0 atom stereocenters. The first kappa shape index (κ1) is 13.6. The van der Waals surface area contributed by atoms with Crippen LogP contribution in [-0.4, -0.2) is 44.2 Å². The van der Waals surface area contributed by atoms with Gasteiger partial charge in [-0.2, -0.15) is 0 Å². The van der Waals surface area contributed by atoms with Gasteiger partial charge in [0.15, 0.2) is 0 Å². The van der Waals surface area contributed by atoms with Crippen LogP contribution in [0.5, 0.6) is 0 Å². The topological polar surface area (TPSA) is 91.8 Å². The molecule has 0 bridgehead atoms. The molecule has 1 aromatic heterocycles. The smallest absolute Gasteiger partial charge is 0.340 e. The molecular formula is C11H11NO6. The van der Waals surface area contributed by atoms with Gasteiger partial charge in [0.1, 0.15) is 0 Å². The molecule has 0 aliphatic rings. The van der Waals surface area contributed by atoms with E-state index in [1.54, 1.807) is 0 Å². The first-order valence-electron chi connectivity index (χ1n) is 4.79. The van der Waals surface area contributed by atoms with Crippen LogP contribution in [0.25, 0.3) is 0 Å². The van der Waals surface area contributed by atoms with Gasteiger partial charge in [0, 0.05) is 12.4 Å². The van der Waals surface area contributed by atoms with Crippen molar-refractivity contribution in [2.45, 2.75) is 0 Å². The van der Waals surface area contributed by atoms with Gasteiger partial charge in [-0.3, -0.25) is 4.98 Å². The Hall–Kier alpha value is -2.44. The largest absolute Gasteiger partial charge is 0.465 e. The van der Waals surface area contributed by atoms with Crippen LogP contribution in [0.1, 0.15) is 31.1 Å². The third kappa shape index (κ3) is 2.45. The van der Waals surface area contributed by atoms with Crippen molar-refractivity contribution in [1.82, 2.24) is 4.98 Å². The molecule has 0 unspecified atom stereocenters. The molecule has 0 saturated heterocycles. The van der Waals surface area contributed by atoms with E-state index >= 15 is 0 Å². The second kappa shape index (κ2) is 5.76. The first-order valence-corrected chi connectivity index (χ1v) is 4.79. The molecule has 0 N–H and O–H groups in total. The van der Waals surface area contributed by atoms with E-state index in [4.69, 9.17) is 0 Å². The summed E-state index contributed by atoms with van der Waals surface area (Å²) in [6, 6.07) is 0. The summed E-state index contributed by atoms with van der Waals surface area (Å²) in [5, 5.41) is 0. The van der Waals surface area contributed by atoms with Crippen molar-refractivity contribution in [3.8, 4) is 0 Å². The molecule has 96 valence electrons. The Morgan fingerprint density at radius 1 is 0.833 bits per heavy atom. The van der Waals surface area contributed by atoms with E-state index in [1.807, 2.05) is 0 Å². The Kier molecular flexibility index (Phi) is 4.36. The first-order chi connectivity index (χ1) is 8.56. The van der Waals surface area contributed by atoms with Gasteiger partial charge in [0.25, 0.3) is 0 Å². The lowest BCUT2D eigenvalue weighted by Crippen LogP contribution is -2.18. The molecule has 18 heavy (non-hydrogen) atoms. The third-order valence-corrected chi connectivity index (χ3v) is 2.15. The number of methoxy groups -OCH3 is 3. The van der Waals surface area contributed by atoms with E-state index in [-0.39, 0.29) is 16.7 Å². The number of hydrogen-bond acceptors (Lipinski definition) is 7. The predicted octanol–water partition coefficient (Wildman–Crippen LogP) is 0.441. The molecule has 1 aromatic rings. The number of pyridine rings is 1. The summed E-state index contributed by atoms with van der Waals surface area (Å²) in [6.45, 7) is 0. The fraction of sp³-hybridized carbons (Fsp3) is 0.273. The Morgan fingerprint density at radius 2 is 1.22 bits per heavy atom. The van der Waals surface area contributed by atoms with Crippen LogP contribution in [0, 0.1) is 0 Å². The van der Waals surface area contributed by atoms with Crippen LogP contribution in [0.2, 0.25) is 0 Å². The fourth-order valence-corrected chi connectivity index (χ4v) is 1.31. The van der Waals surface area contributed by atoms with Gasteiger partial charge in [-0.15, -0.1) is 0 Å². The number of rotatable bonds is 3. The lowest BCUT2D eigenvalue weighted by atomic mass is 10.0. The standard InChI is InChI=1S/C11H11NO6/c1-16-9(13)6-4-12-5-7(10(14)17-2)8(6)11(15)18-3/h4-5H,1-3H3. The summed E-state index contributed by atoms with van der Waals surface area (Å²) in [7, 11) is 3.42. The monoisotopic (exact) mass is 253 g/mol. The summed E-state index contributed by atoms with van der Waals surface area (Å²) in [5.41, 5.74) is -0.550. The highest BCUT2D eigenvalue weighted by atomic mass is 16.5. The number of carbonyl (C=O) groups excluding carboxylic acids is 3. The van der Waals surface area contributed by atoms with Gasteiger partial charge < -0.3 is 14.2 Å². The van der Waals surface area contributed by atoms with Crippen molar-refractivity contribution in [1.29, 1.82) is 0 Å². The lowest BCUT2D eigenvalue weighted by molar-refractivity contribution is 0.0534. The summed E-state index contributed by atoms with van der Waals surface area (Å²) in [6.07, 6.45) is 2.23. The third-order valence-electron chi connectivity index (χ3n) is 2.15. The fourth-order valence-electron chi connectivity index (χ4n) is 1.31. The van der Waals surface area contributed by atoms with Crippen molar-refractivity contribution in [2.24, 2.45) is 0 Å². The van der Waals surface area contributed by atoms with E-state index in [9.17, 15) is 14.4 Å². The van der Waals surface area contributed by atoms with Gasteiger partial charge in [-0.05, 0) is 0 Å². The molecule has 0 fully saturated rings. The highest BCUT2D eigenvalue weighted by Crippen LogP contribution is 2.16. The number of ether oxygens (including phenoxy) is 3. The molecule has 0 aliphatic carbocycles. The predicted molar refractivity (Wildman–Crippen MR) is 58.3 cm³/mol. The van der Waals surface area contributed by atoms with E-state index in [1.165, 1.54) is 0 Å². The molecule has 0 amide bonds. The Labute approximate surface area is 103 Å². The van der Waals surface area contributed by atoms with Crippen molar-refractivity contribution < 1.29 is 28.6 Å². The van der Waals surface area contributed by atoms with Gasteiger partial charge in [0.05, 0.1) is 38.0 Å². The van der Waals surface area contributed by atoms with Crippen LogP contribution in [-0.2, 0) is 14.2 Å². The zero-order valence-corrected chi connectivity index (χ0v) is 10.1. The Bertz CT molecular complexity index is 462. The minimum Gasteiger partial charge on any atom is -0.465 e. The SMILES string of the molecule is COC(=O)c1cncc(C(=O)OC)c1C(=O)OC. The van der Waals surface area contributed by atoms with Gasteiger partial charge in [-0.25, -0.2) is 14.4 Å². The number of esters is 3. The summed E-state index contributed by atoms with van der Waals surface area (Å²) in [4.78, 5) is 38.3. The van der Waals surface area contributed by atoms with Crippen molar-refractivity contribution in [2.75, 3.05) is 21.3 Å². The Balaban J connectivity index is 3.49. The van der Waals surface area contributed by atoms with E-state index in [0.717, 1.165) is 33.7 Å². The second-order valence-electron chi connectivity index (χ2n) is 3.08. The summed E-state index contributed by atoms with van der Waals surface area (Å²) >= 11 is 0. The summed E-state index contributed by atoms with van der Waals surface area (Å²) < 4.78 is 13.5. The van der Waals surface area contributed by atoms with E-state index in [0.29, 0.717) is 0 Å². The zero-order chi connectivity index (χ0) is 13.7. The van der Waals surface area contributed by atoms with Gasteiger partial charge in [-0.1, -0.05) is 0 Å². The van der Waals surface area contributed by atoms with Crippen LogP contribution < -0.4 is 0 Å². The number of carbonyl (C=O) groups is 3. The number of nitrogens with zero attached hydrogens (tertiary/aromatic N) is 1. The van der Waals surface area contributed by atoms with Crippen molar-refractivity contribution >= 4 is 17.9 Å². The van der Waals surface area contributed by atoms with Crippen molar-refractivity contribution in [3.63, 3.8) is 0 Å². The molecule has 7 nitrogen and oxygen atoms in total.